The molecule has 0 unspecified atom stereocenters. The van der Waals surface area contributed by atoms with Crippen LogP contribution in [0.5, 0.6) is 0 Å². The van der Waals surface area contributed by atoms with Gasteiger partial charge in [0.25, 0.3) is 0 Å². The number of nitrogens with one attached hydrogen (secondary N) is 1. The van der Waals surface area contributed by atoms with E-state index in [0.717, 1.165) is 25.9 Å². The van der Waals surface area contributed by atoms with Crippen LogP contribution in [-0.4, -0.2) is 13.1 Å². The van der Waals surface area contributed by atoms with E-state index in [9.17, 15) is 0 Å². The second-order valence-corrected chi connectivity index (χ2v) is 3.12. The van der Waals surface area contributed by atoms with Crippen molar-refractivity contribution in [1.29, 1.82) is 0 Å². The second-order valence-electron chi connectivity index (χ2n) is 3.12. The van der Waals surface area contributed by atoms with Crippen LogP contribution in [0, 0.1) is 12.3 Å². The molecule has 1 nitrogen and oxygen atoms in total. The first-order valence-electron chi connectivity index (χ1n) is 5.06. The van der Waals surface area contributed by atoms with Gasteiger partial charge in [0.1, 0.15) is 0 Å². The van der Waals surface area contributed by atoms with Gasteiger partial charge in [-0.15, -0.1) is 12.3 Å². The maximum absolute atomic E-state index is 5.13. The zero-order valence-electron chi connectivity index (χ0n) is 8.23. The van der Waals surface area contributed by atoms with Gasteiger partial charge < -0.3 is 5.32 Å². The lowest BCUT2D eigenvalue weighted by molar-refractivity contribution is 0.589. The average molecular weight is 167 g/mol. The molecular formula is C11H21N. The van der Waals surface area contributed by atoms with Crippen LogP contribution < -0.4 is 5.32 Å². The van der Waals surface area contributed by atoms with E-state index in [1.54, 1.807) is 0 Å². The molecule has 12 heavy (non-hydrogen) atoms. The van der Waals surface area contributed by atoms with Gasteiger partial charge in [-0.1, -0.05) is 26.2 Å². The summed E-state index contributed by atoms with van der Waals surface area (Å²) in [5, 5.41) is 3.38. The molecule has 70 valence electrons. The summed E-state index contributed by atoms with van der Waals surface area (Å²) in [6.07, 6.45) is 12.5. The SMILES string of the molecule is C#CCCCNCCCCCC. The van der Waals surface area contributed by atoms with Crippen LogP contribution in [-0.2, 0) is 0 Å². The third-order valence-electron chi connectivity index (χ3n) is 1.88. The summed E-state index contributed by atoms with van der Waals surface area (Å²) in [7, 11) is 0. The maximum Gasteiger partial charge on any atom is 0.00981 e. The fourth-order valence-electron chi connectivity index (χ4n) is 1.12. The molecule has 1 heteroatoms. The van der Waals surface area contributed by atoms with Crippen molar-refractivity contribution < 1.29 is 0 Å². The Morgan fingerprint density at radius 3 is 2.50 bits per heavy atom. The van der Waals surface area contributed by atoms with Gasteiger partial charge in [0.15, 0.2) is 0 Å². The van der Waals surface area contributed by atoms with Crippen LogP contribution >= 0.6 is 0 Å². The molecule has 0 radical (unpaired) electrons. The molecule has 0 aliphatic rings. The van der Waals surface area contributed by atoms with E-state index in [1.165, 1.54) is 25.7 Å². The Hall–Kier alpha value is -0.480. The highest BCUT2D eigenvalue weighted by Gasteiger charge is 1.87. The lowest BCUT2D eigenvalue weighted by Gasteiger charge is -2.01. The molecule has 0 saturated carbocycles. The summed E-state index contributed by atoms with van der Waals surface area (Å²) in [6, 6.07) is 0. The molecule has 0 aliphatic carbocycles. The molecule has 0 aliphatic heterocycles. The summed E-state index contributed by atoms with van der Waals surface area (Å²) in [4.78, 5) is 0. The molecule has 1 N–H and O–H groups in total. The standard InChI is InChI=1S/C11H21N/c1-3-5-7-9-11-12-10-8-6-4-2/h2,12H,3,5-11H2,1H3. The first kappa shape index (κ1) is 11.5. The molecule has 0 atom stereocenters. The van der Waals surface area contributed by atoms with Crippen molar-refractivity contribution in [2.45, 2.75) is 45.4 Å². The summed E-state index contributed by atoms with van der Waals surface area (Å²) in [5.41, 5.74) is 0. The Morgan fingerprint density at radius 1 is 1.08 bits per heavy atom. The van der Waals surface area contributed by atoms with Gasteiger partial charge in [-0.3, -0.25) is 0 Å². The van der Waals surface area contributed by atoms with Crippen molar-refractivity contribution in [2.75, 3.05) is 13.1 Å². The number of hydrogen-bond donors (Lipinski definition) is 1. The highest BCUT2D eigenvalue weighted by molar-refractivity contribution is 4.83. The van der Waals surface area contributed by atoms with Gasteiger partial charge in [-0.25, -0.2) is 0 Å². The van der Waals surface area contributed by atoms with Gasteiger partial charge in [0.2, 0.25) is 0 Å². The van der Waals surface area contributed by atoms with Gasteiger partial charge in [0, 0.05) is 6.42 Å². The zero-order valence-corrected chi connectivity index (χ0v) is 8.23. The molecule has 0 rings (SSSR count). The second kappa shape index (κ2) is 10.5. The minimum absolute atomic E-state index is 0.905. The molecule has 0 aromatic carbocycles. The topological polar surface area (TPSA) is 12.0 Å². The summed E-state index contributed by atoms with van der Waals surface area (Å²) in [6.45, 7) is 4.47. The molecule has 0 aromatic rings. The average Bonchev–Trinajstić information content (AvgIpc) is 2.10. The monoisotopic (exact) mass is 167 g/mol. The Balaban J connectivity index is 2.78. The van der Waals surface area contributed by atoms with Gasteiger partial charge in [-0.05, 0) is 25.9 Å². The molecule has 0 spiro atoms. The van der Waals surface area contributed by atoms with E-state index < -0.39 is 0 Å². The van der Waals surface area contributed by atoms with E-state index in [2.05, 4.69) is 18.2 Å². The van der Waals surface area contributed by atoms with Crippen molar-refractivity contribution >= 4 is 0 Å². The molecule has 0 heterocycles. The van der Waals surface area contributed by atoms with Crippen LogP contribution in [0.15, 0.2) is 0 Å². The minimum atomic E-state index is 0.905. The normalized spacial score (nSPS) is 9.67. The third kappa shape index (κ3) is 9.52. The van der Waals surface area contributed by atoms with Crippen molar-refractivity contribution in [3.8, 4) is 12.3 Å². The fraction of sp³-hybridized carbons (Fsp3) is 0.818. The van der Waals surface area contributed by atoms with E-state index in [0.29, 0.717) is 0 Å². The van der Waals surface area contributed by atoms with Crippen LogP contribution in [0.1, 0.15) is 45.4 Å². The Morgan fingerprint density at radius 2 is 1.83 bits per heavy atom. The maximum atomic E-state index is 5.13. The lowest BCUT2D eigenvalue weighted by Crippen LogP contribution is -2.16. The van der Waals surface area contributed by atoms with E-state index in [4.69, 9.17) is 6.42 Å². The van der Waals surface area contributed by atoms with E-state index in [1.807, 2.05) is 0 Å². The number of rotatable bonds is 8. The Labute approximate surface area is 76.9 Å². The molecule has 0 bridgehead atoms. The molecule has 0 fully saturated rings. The summed E-state index contributed by atoms with van der Waals surface area (Å²) >= 11 is 0. The lowest BCUT2D eigenvalue weighted by atomic mass is 10.2. The van der Waals surface area contributed by atoms with Crippen LogP contribution in [0.25, 0.3) is 0 Å². The molecule has 0 amide bonds. The number of hydrogen-bond acceptors (Lipinski definition) is 1. The van der Waals surface area contributed by atoms with Crippen LogP contribution in [0.2, 0.25) is 0 Å². The Kier molecular flexibility index (Phi) is 10.1. The van der Waals surface area contributed by atoms with Gasteiger partial charge in [-0.2, -0.15) is 0 Å². The van der Waals surface area contributed by atoms with Crippen molar-refractivity contribution in [3.05, 3.63) is 0 Å². The summed E-state index contributed by atoms with van der Waals surface area (Å²) < 4.78 is 0. The van der Waals surface area contributed by atoms with Crippen molar-refractivity contribution in [1.82, 2.24) is 5.32 Å². The predicted molar refractivity (Wildman–Crippen MR) is 55.1 cm³/mol. The predicted octanol–water partition coefficient (Wildman–Crippen LogP) is 2.57. The molecule has 0 saturated heterocycles. The highest BCUT2D eigenvalue weighted by Crippen LogP contribution is 1.96. The highest BCUT2D eigenvalue weighted by atomic mass is 14.8. The van der Waals surface area contributed by atoms with Crippen molar-refractivity contribution in [3.63, 3.8) is 0 Å². The smallest absolute Gasteiger partial charge is 0.00981 e. The fourth-order valence-corrected chi connectivity index (χ4v) is 1.12. The van der Waals surface area contributed by atoms with Gasteiger partial charge in [0.05, 0.1) is 0 Å². The number of terminal acetylenes is 1. The molecular weight excluding hydrogens is 146 g/mol. The third-order valence-corrected chi connectivity index (χ3v) is 1.88. The number of unbranched alkanes of at least 4 members (excludes halogenated alkanes) is 4. The zero-order chi connectivity index (χ0) is 9.07. The minimum Gasteiger partial charge on any atom is -0.317 e. The molecule has 0 aromatic heterocycles. The van der Waals surface area contributed by atoms with Crippen LogP contribution in [0.3, 0.4) is 0 Å². The summed E-state index contributed by atoms with van der Waals surface area (Å²) in [5.74, 6) is 2.64. The largest absolute Gasteiger partial charge is 0.317 e. The van der Waals surface area contributed by atoms with E-state index >= 15 is 0 Å². The first-order chi connectivity index (χ1) is 5.91. The first-order valence-corrected chi connectivity index (χ1v) is 5.06. The quantitative estimate of drug-likeness (QED) is 0.433. The van der Waals surface area contributed by atoms with Crippen LogP contribution in [0.4, 0.5) is 0 Å². The van der Waals surface area contributed by atoms with Crippen molar-refractivity contribution in [2.24, 2.45) is 0 Å². The van der Waals surface area contributed by atoms with E-state index in [-0.39, 0.29) is 0 Å². The van der Waals surface area contributed by atoms with Gasteiger partial charge >= 0.3 is 0 Å². The Bertz CT molecular complexity index is 113.